The van der Waals surface area contributed by atoms with Crippen molar-refractivity contribution >= 4 is 11.6 Å². The van der Waals surface area contributed by atoms with E-state index in [4.69, 9.17) is 10.5 Å². The number of carbonyl (C=O) groups excluding carboxylic acids is 1. The Morgan fingerprint density at radius 1 is 1.42 bits per heavy atom. The average molecular weight is 278 g/mol. The highest BCUT2D eigenvalue weighted by molar-refractivity contribution is 5.99. The van der Waals surface area contributed by atoms with E-state index in [-0.39, 0.29) is 11.4 Å². The number of hydrogen-bond acceptors (Lipinski definition) is 4. The van der Waals surface area contributed by atoms with E-state index in [0.717, 1.165) is 0 Å². The zero-order valence-corrected chi connectivity index (χ0v) is 10.2. The summed E-state index contributed by atoms with van der Waals surface area (Å²) in [6.45, 7) is 0.541. The molecule has 0 saturated heterocycles. The van der Waals surface area contributed by atoms with E-state index >= 15 is 0 Å². The molecular formula is C11H13F3N2O3. The fraction of sp³-hybridized carbons (Fsp3) is 0.364. The zero-order chi connectivity index (χ0) is 14.8. The fourth-order valence-corrected chi connectivity index (χ4v) is 1.12. The van der Waals surface area contributed by atoms with Crippen molar-refractivity contribution in [3.05, 3.63) is 18.2 Å². The Labute approximate surface area is 107 Å². The first-order valence-electron chi connectivity index (χ1n) is 5.13. The molecule has 0 heterocycles. The number of phenols is 1. The van der Waals surface area contributed by atoms with Crippen LogP contribution in [0.4, 0.5) is 18.9 Å². The van der Waals surface area contributed by atoms with Gasteiger partial charge in [0, 0.05) is 6.07 Å². The number of rotatable bonds is 3. The van der Waals surface area contributed by atoms with Gasteiger partial charge in [-0.3, -0.25) is 4.79 Å². The molecule has 1 aromatic rings. The van der Waals surface area contributed by atoms with Crippen molar-refractivity contribution in [2.45, 2.75) is 18.6 Å². The van der Waals surface area contributed by atoms with Crippen LogP contribution in [-0.4, -0.2) is 29.8 Å². The first-order chi connectivity index (χ1) is 8.59. The Balaban J connectivity index is 3.00. The molecule has 1 unspecified atom stereocenters. The number of benzene rings is 1. The van der Waals surface area contributed by atoms with Gasteiger partial charge >= 0.3 is 6.18 Å². The lowest BCUT2D eigenvalue weighted by atomic mass is 10.0. The van der Waals surface area contributed by atoms with E-state index < -0.39 is 23.4 Å². The summed E-state index contributed by atoms with van der Waals surface area (Å²) in [4.78, 5) is 11.5. The summed E-state index contributed by atoms with van der Waals surface area (Å²) in [5.41, 5.74) is 1.67. The highest BCUT2D eigenvalue weighted by atomic mass is 19.4. The van der Waals surface area contributed by atoms with E-state index in [0.29, 0.717) is 6.92 Å². The van der Waals surface area contributed by atoms with Crippen LogP contribution in [-0.2, 0) is 4.79 Å². The number of nitrogens with one attached hydrogen (secondary N) is 1. The van der Waals surface area contributed by atoms with Crippen LogP contribution in [0.5, 0.6) is 11.5 Å². The van der Waals surface area contributed by atoms with Crippen molar-refractivity contribution in [1.82, 2.24) is 0 Å². The Hall–Kier alpha value is -1.96. The molecular weight excluding hydrogens is 265 g/mol. The van der Waals surface area contributed by atoms with Crippen molar-refractivity contribution in [2.24, 2.45) is 5.73 Å². The van der Waals surface area contributed by atoms with Gasteiger partial charge in [-0.25, -0.2) is 0 Å². The van der Waals surface area contributed by atoms with E-state index in [1.807, 2.05) is 5.32 Å². The Morgan fingerprint density at radius 2 is 2.00 bits per heavy atom. The highest BCUT2D eigenvalue weighted by Gasteiger charge is 2.54. The Kier molecular flexibility index (Phi) is 3.94. The van der Waals surface area contributed by atoms with Gasteiger partial charge in [-0.2, -0.15) is 13.2 Å². The van der Waals surface area contributed by atoms with Crippen molar-refractivity contribution in [2.75, 3.05) is 12.4 Å². The van der Waals surface area contributed by atoms with Crippen LogP contribution in [0.15, 0.2) is 18.2 Å². The maximum absolute atomic E-state index is 12.6. The second-order valence-corrected chi connectivity index (χ2v) is 4.04. The van der Waals surface area contributed by atoms with E-state index in [1.54, 1.807) is 0 Å². The molecule has 4 N–H and O–H groups in total. The van der Waals surface area contributed by atoms with Gasteiger partial charge in [0.25, 0.3) is 5.91 Å². The molecule has 0 spiro atoms. The van der Waals surface area contributed by atoms with Crippen LogP contribution in [0.3, 0.4) is 0 Å². The molecule has 0 aliphatic rings. The first kappa shape index (κ1) is 15.1. The third kappa shape index (κ3) is 3.08. The summed E-state index contributed by atoms with van der Waals surface area (Å²) in [5, 5.41) is 11.4. The molecule has 0 saturated carbocycles. The maximum atomic E-state index is 12.6. The summed E-state index contributed by atoms with van der Waals surface area (Å²) in [6, 6.07) is 3.74. The normalized spacial score (nSPS) is 14.6. The van der Waals surface area contributed by atoms with Gasteiger partial charge < -0.3 is 20.9 Å². The highest BCUT2D eigenvalue weighted by Crippen LogP contribution is 2.32. The summed E-state index contributed by atoms with van der Waals surface area (Å²) in [7, 11) is 1.33. The summed E-state index contributed by atoms with van der Waals surface area (Å²) in [6.07, 6.45) is -4.91. The number of alkyl halides is 3. The van der Waals surface area contributed by atoms with Gasteiger partial charge in [-0.15, -0.1) is 0 Å². The van der Waals surface area contributed by atoms with Crippen molar-refractivity contribution in [1.29, 1.82) is 0 Å². The van der Waals surface area contributed by atoms with Gasteiger partial charge in [0.2, 0.25) is 0 Å². The van der Waals surface area contributed by atoms with Gasteiger partial charge in [-0.05, 0) is 19.1 Å². The van der Waals surface area contributed by atoms with Crippen LogP contribution >= 0.6 is 0 Å². The van der Waals surface area contributed by atoms with Crippen LogP contribution in [0.1, 0.15) is 6.92 Å². The maximum Gasteiger partial charge on any atom is 0.415 e. The van der Waals surface area contributed by atoms with Crippen molar-refractivity contribution in [3.63, 3.8) is 0 Å². The number of anilines is 1. The fourth-order valence-electron chi connectivity index (χ4n) is 1.12. The number of halogens is 3. The second-order valence-electron chi connectivity index (χ2n) is 4.04. The third-order valence-corrected chi connectivity index (χ3v) is 2.51. The number of hydrogen-bond donors (Lipinski definition) is 3. The standard InChI is InChI=1S/C11H13F3N2O3/c1-10(15,11(12,13)14)9(18)16-7-5-6(19-2)3-4-8(7)17/h3-5,17H,15H2,1-2H3,(H,16,18). The number of aromatic hydroxyl groups is 1. The summed E-state index contributed by atoms with van der Waals surface area (Å²) < 4.78 is 42.5. The number of methoxy groups -OCH3 is 1. The molecule has 106 valence electrons. The molecule has 0 bridgehead atoms. The lowest BCUT2D eigenvalue weighted by Gasteiger charge is -2.26. The number of amides is 1. The molecule has 0 aliphatic carbocycles. The van der Waals surface area contributed by atoms with Gasteiger partial charge in [0.15, 0.2) is 5.54 Å². The number of nitrogens with two attached hydrogens (primary N) is 1. The summed E-state index contributed by atoms with van der Waals surface area (Å²) in [5.74, 6) is -1.62. The summed E-state index contributed by atoms with van der Waals surface area (Å²) >= 11 is 0. The minimum atomic E-state index is -4.91. The molecule has 0 fully saturated rings. The van der Waals surface area contributed by atoms with Crippen LogP contribution in [0.25, 0.3) is 0 Å². The third-order valence-electron chi connectivity index (χ3n) is 2.51. The predicted molar refractivity (Wildman–Crippen MR) is 61.9 cm³/mol. The number of ether oxygens (including phenoxy) is 1. The largest absolute Gasteiger partial charge is 0.506 e. The molecule has 19 heavy (non-hydrogen) atoms. The van der Waals surface area contributed by atoms with E-state index in [9.17, 15) is 23.1 Å². The van der Waals surface area contributed by atoms with Gasteiger partial charge in [0.05, 0.1) is 12.8 Å². The topological polar surface area (TPSA) is 84.6 Å². The molecule has 0 radical (unpaired) electrons. The zero-order valence-electron chi connectivity index (χ0n) is 10.2. The van der Waals surface area contributed by atoms with Crippen LogP contribution in [0.2, 0.25) is 0 Å². The average Bonchev–Trinajstić information content (AvgIpc) is 2.30. The first-order valence-corrected chi connectivity index (χ1v) is 5.13. The SMILES string of the molecule is COc1ccc(O)c(NC(=O)C(C)(N)C(F)(F)F)c1. The van der Waals surface area contributed by atoms with E-state index in [1.165, 1.54) is 25.3 Å². The molecule has 1 atom stereocenters. The minimum absolute atomic E-state index is 0.217. The predicted octanol–water partition coefficient (Wildman–Crippen LogP) is 1.62. The molecule has 0 aromatic heterocycles. The van der Waals surface area contributed by atoms with Gasteiger partial charge in [0.1, 0.15) is 11.5 Å². The van der Waals surface area contributed by atoms with Gasteiger partial charge in [-0.1, -0.05) is 0 Å². The smallest absolute Gasteiger partial charge is 0.415 e. The molecule has 0 aliphatic heterocycles. The molecule has 8 heteroatoms. The molecule has 5 nitrogen and oxygen atoms in total. The second kappa shape index (κ2) is 4.96. The monoisotopic (exact) mass is 278 g/mol. The Morgan fingerprint density at radius 3 is 2.47 bits per heavy atom. The molecule has 1 rings (SSSR count). The number of carbonyl (C=O) groups is 1. The lowest BCUT2D eigenvalue weighted by molar-refractivity contribution is -0.184. The number of phenolic OH excluding ortho intramolecular Hbond substituents is 1. The van der Waals surface area contributed by atoms with Crippen molar-refractivity contribution in [3.8, 4) is 11.5 Å². The molecule has 1 aromatic carbocycles. The van der Waals surface area contributed by atoms with E-state index in [2.05, 4.69) is 0 Å². The molecule has 1 amide bonds. The lowest BCUT2D eigenvalue weighted by Crippen LogP contribution is -2.59. The van der Waals surface area contributed by atoms with Crippen molar-refractivity contribution < 1.29 is 27.8 Å². The quantitative estimate of drug-likeness (QED) is 0.733. The van der Waals surface area contributed by atoms with Crippen LogP contribution < -0.4 is 15.8 Å². The van der Waals surface area contributed by atoms with Crippen LogP contribution in [0, 0.1) is 0 Å². The minimum Gasteiger partial charge on any atom is -0.506 e. The Bertz CT molecular complexity index is 487.